The molecule has 0 atom stereocenters. The van der Waals surface area contributed by atoms with E-state index in [0.29, 0.717) is 30.3 Å². The van der Waals surface area contributed by atoms with Gasteiger partial charge in [0.25, 0.3) is 0 Å². The van der Waals surface area contributed by atoms with E-state index in [1.807, 2.05) is 68.4 Å². The molecule has 4 aromatic rings. The number of hydrogen-bond donors (Lipinski definition) is 2. The lowest BCUT2D eigenvalue weighted by Gasteiger charge is -2.33. The number of methoxy groups -OCH3 is 1. The Balaban J connectivity index is 1.42. The monoisotopic (exact) mass is 575 g/mol. The van der Waals surface area contributed by atoms with Crippen LogP contribution in [-0.4, -0.2) is 79.1 Å². The Kier molecular flexibility index (Phi) is 7.76. The maximum Gasteiger partial charge on any atom is 0.410 e. The van der Waals surface area contributed by atoms with Crippen molar-refractivity contribution in [1.29, 1.82) is 0 Å². The lowest BCUT2D eigenvalue weighted by molar-refractivity contribution is 0.0184. The van der Waals surface area contributed by atoms with Crippen molar-refractivity contribution in [2.75, 3.05) is 37.9 Å². The minimum atomic E-state index is -0.623. The van der Waals surface area contributed by atoms with Gasteiger partial charge in [-0.25, -0.2) is 24.5 Å². The van der Waals surface area contributed by atoms with Gasteiger partial charge in [-0.3, -0.25) is 4.68 Å². The Morgan fingerprint density at radius 2 is 1.83 bits per heavy atom. The molecular weight excluding hydrogens is 538 g/mol. The fourth-order valence-corrected chi connectivity index (χ4v) is 5.03. The highest BCUT2D eigenvalue weighted by Crippen LogP contribution is 2.34. The van der Waals surface area contributed by atoms with Gasteiger partial charge in [-0.1, -0.05) is 12.1 Å². The van der Waals surface area contributed by atoms with Crippen LogP contribution >= 0.6 is 0 Å². The van der Waals surface area contributed by atoms with Gasteiger partial charge in [-0.15, -0.1) is 0 Å². The molecular formula is C29H37N9O4. The van der Waals surface area contributed by atoms with E-state index in [-0.39, 0.29) is 23.6 Å². The first-order valence-corrected chi connectivity index (χ1v) is 13.9. The number of hydrogen-bond acceptors (Lipinski definition) is 10. The smallest absolute Gasteiger partial charge is 0.410 e. The number of fused-ring (bicyclic) bond motifs is 1. The Hall–Kier alpha value is -4.68. The number of carbonyl (C=O) groups excluding carboxylic acids is 2. The molecule has 1 aromatic carbocycles. The van der Waals surface area contributed by atoms with Crippen molar-refractivity contribution in [1.82, 2.24) is 34.2 Å². The number of piperidine rings is 1. The number of likely N-dealkylation sites (tertiary alicyclic amines) is 1. The summed E-state index contributed by atoms with van der Waals surface area (Å²) in [6, 6.07) is 5.90. The van der Waals surface area contributed by atoms with Crippen molar-refractivity contribution in [3.8, 4) is 11.3 Å². The second-order valence-corrected chi connectivity index (χ2v) is 11.3. The number of para-hydroxylation sites is 1. The van der Waals surface area contributed by atoms with Crippen LogP contribution in [0.4, 0.5) is 22.1 Å². The predicted molar refractivity (Wildman–Crippen MR) is 159 cm³/mol. The number of nitrogens with one attached hydrogen (secondary N) is 2. The van der Waals surface area contributed by atoms with Crippen LogP contribution in [0.15, 0.2) is 30.7 Å². The number of anilines is 3. The molecule has 0 bridgehead atoms. The number of imidazole rings is 1. The summed E-state index contributed by atoms with van der Waals surface area (Å²) in [5.41, 5.74) is 3.82. The van der Waals surface area contributed by atoms with Gasteiger partial charge in [0.15, 0.2) is 17.3 Å². The van der Waals surface area contributed by atoms with E-state index in [1.165, 1.54) is 7.11 Å². The maximum absolute atomic E-state index is 12.9. The number of ether oxygens (including phenoxy) is 2. The van der Waals surface area contributed by atoms with Gasteiger partial charge in [-0.2, -0.15) is 5.10 Å². The van der Waals surface area contributed by atoms with E-state index in [0.717, 1.165) is 35.1 Å². The summed E-state index contributed by atoms with van der Waals surface area (Å²) < 4.78 is 14.4. The largest absolute Gasteiger partial charge is 0.464 e. The van der Waals surface area contributed by atoms with Gasteiger partial charge < -0.3 is 29.6 Å². The van der Waals surface area contributed by atoms with Crippen molar-refractivity contribution in [2.45, 2.75) is 52.2 Å². The number of aromatic nitrogens is 6. The molecule has 222 valence electrons. The zero-order chi connectivity index (χ0) is 30.2. The number of carbonyl (C=O) groups is 2. The normalized spacial score (nSPS) is 14.2. The molecule has 0 unspecified atom stereocenters. The van der Waals surface area contributed by atoms with Crippen LogP contribution in [0.1, 0.15) is 55.8 Å². The van der Waals surface area contributed by atoms with Gasteiger partial charge >= 0.3 is 12.1 Å². The van der Waals surface area contributed by atoms with E-state index in [4.69, 9.17) is 24.5 Å². The summed E-state index contributed by atoms with van der Waals surface area (Å²) >= 11 is 0. The van der Waals surface area contributed by atoms with Crippen molar-refractivity contribution in [2.24, 2.45) is 7.05 Å². The first-order valence-electron chi connectivity index (χ1n) is 13.9. The second-order valence-electron chi connectivity index (χ2n) is 11.3. The third-order valence-electron chi connectivity index (χ3n) is 7.18. The van der Waals surface area contributed by atoms with Crippen molar-refractivity contribution in [3.05, 3.63) is 42.1 Å². The fraction of sp³-hybridized carbons (Fsp3) is 0.448. The molecule has 0 saturated carbocycles. The van der Waals surface area contributed by atoms with Crippen LogP contribution in [0.5, 0.6) is 0 Å². The highest BCUT2D eigenvalue weighted by atomic mass is 16.6. The van der Waals surface area contributed by atoms with Crippen molar-refractivity contribution >= 4 is 40.4 Å². The zero-order valence-corrected chi connectivity index (χ0v) is 25.1. The number of amides is 1. The molecule has 0 aliphatic carbocycles. The summed E-state index contributed by atoms with van der Waals surface area (Å²) in [6.45, 7) is 8.63. The molecule has 1 amide bonds. The van der Waals surface area contributed by atoms with Crippen LogP contribution in [0, 0.1) is 6.92 Å². The molecule has 13 heteroatoms. The summed E-state index contributed by atoms with van der Waals surface area (Å²) in [5.74, 6) is 0.0927. The first kappa shape index (κ1) is 28.8. The summed E-state index contributed by atoms with van der Waals surface area (Å²) in [4.78, 5) is 41.1. The van der Waals surface area contributed by atoms with Crippen LogP contribution in [0.2, 0.25) is 0 Å². The zero-order valence-electron chi connectivity index (χ0n) is 25.1. The Morgan fingerprint density at radius 1 is 1.10 bits per heavy atom. The molecule has 5 rings (SSSR count). The van der Waals surface area contributed by atoms with Crippen LogP contribution < -0.4 is 10.6 Å². The van der Waals surface area contributed by atoms with Gasteiger partial charge in [0.05, 0.1) is 41.9 Å². The third-order valence-corrected chi connectivity index (χ3v) is 7.18. The summed E-state index contributed by atoms with van der Waals surface area (Å²) in [7, 11) is 4.98. The number of nitrogens with zero attached hydrogens (tertiary/aromatic N) is 7. The Morgan fingerprint density at radius 3 is 2.50 bits per heavy atom. The third kappa shape index (κ3) is 5.71. The molecule has 2 N–H and O–H groups in total. The molecule has 42 heavy (non-hydrogen) atoms. The quantitative estimate of drug-likeness (QED) is 0.311. The minimum absolute atomic E-state index is 0.0391. The van der Waals surface area contributed by atoms with Gasteiger partial charge in [0.1, 0.15) is 11.3 Å². The average Bonchev–Trinajstić information content (AvgIpc) is 3.53. The number of rotatable bonds is 6. The molecule has 1 saturated heterocycles. The molecule has 13 nitrogen and oxygen atoms in total. The number of esters is 1. The topological polar surface area (TPSA) is 141 Å². The predicted octanol–water partition coefficient (Wildman–Crippen LogP) is 4.68. The summed E-state index contributed by atoms with van der Waals surface area (Å²) in [6.07, 6.45) is 4.82. The highest BCUT2D eigenvalue weighted by Gasteiger charge is 2.29. The lowest BCUT2D eigenvalue weighted by Crippen LogP contribution is -2.42. The van der Waals surface area contributed by atoms with E-state index in [2.05, 4.69) is 15.6 Å². The fourth-order valence-electron chi connectivity index (χ4n) is 5.03. The van der Waals surface area contributed by atoms with E-state index >= 15 is 0 Å². The van der Waals surface area contributed by atoms with Gasteiger partial charge in [0.2, 0.25) is 0 Å². The summed E-state index contributed by atoms with van der Waals surface area (Å²) in [5, 5.41) is 11.1. The number of benzene rings is 1. The molecule has 3 aromatic heterocycles. The molecule has 0 radical (unpaired) electrons. The van der Waals surface area contributed by atoms with Crippen LogP contribution in [-0.2, 0) is 16.5 Å². The average molecular weight is 576 g/mol. The maximum atomic E-state index is 12.9. The second kappa shape index (κ2) is 11.3. The van der Waals surface area contributed by atoms with Gasteiger partial charge in [0, 0.05) is 38.9 Å². The lowest BCUT2D eigenvalue weighted by atomic mass is 10.1. The molecule has 4 heterocycles. The van der Waals surface area contributed by atoms with Crippen molar-refractivity contribution in [3.63, 3.8) is 0 Å². The molecule has 1 aliphatic heterocycles. The van der Waals surface area contributed by atoms with Crippen LogP contribution in [0.3, 0.4) is 0 Å². The van der Waals surface area contributed by atoms with E-state index in [9.17, 15) is 9.59 Å². The number of aryl methyl sites for hydroxylation is 2. The standard InChI is InChI=1S/C29H37N9O4/c1-17-20(15-38(35-17)18-11-13-37(14-12-18)28(40)42-29(2,3)4)32-26-24(27(39)41-7)33-23(25(30-5)34-26)19-9-8-10-21-22(19)31-16-36(21)6/h8-10,15-16,18H,11-14H2,1-7H3,(H2,30,32,34). The van der Waals surface area contributed by atoms with Crippen LogP contribution in [0.25, 0.3) is 22.3 Å². The molecule has 1 aliphatic rings. The SMILES string of the molecule is CNc1nc(Nc2cn(C3CCN(C(=O)OC(C)(C)C)CC3)nc2C)c(C(=O)OC)nc1-c1cccc2c1ncn2C. The van der Waals surface area contributed by atoms with Crippen molar-refractivity contribution < 1.29 is 19.1 Å². The van der Waals surface area contributed by atoms with Gasteiger partial charge in [-0.05, 0) is 46.6 Å². The first-order chi connectivity index (χ1) is 20.0. The molecule has 0 spiro atoms. The van der Waals surface area contributed by atoms with E-state index < -0.39 is 11.6 Å². The minimum Gasteiger partial charge on any atom is -0.464 e. The Labute approximate surface area is 244 Å². The van der Waals surface area contributed by atoms with E-state index in [1.54, 1.807) is 18.3 Å². The highest BCUT2D eigenvalue weighted by molar-refractivity contribution is 5.98. The Bertz CT molecular complexity index is 1630. The molecule has 1 fully saturated rings.